The van der Waals surface area contributed by atoms with Crippen LogP contribution in [0.5, 0.6) is 0 Å². The number of nitrogens with zero attached hydrogens (tertiary/aromatic N) is 2. The lowest BCUT2D eigenvalue weighted by atomic mass is 10.3. The van der Waals surface area contributed by atoms with Crippen LogP contribution in [-0.4, -0.2) is 9.97 Å². The van der Waals surface area contributed by atoms with Gasteiger partial charge < -0.3 is 0 Å². The van der Waals surface area contributed by atoms with E-state index >= 15 is 0 Å². The molecule has 0 aromatic carbocycles. The molecule has 90 valence electrons. The summed E-state index contributed by atoms with van der Waals surface area (Å²) < 4.78 is 0. The molecule has 2 aromatic rings. The summed E-state index contributed by atoms with van der Waals surface area (Å²) in [5.41, 5.74) is 1.09. The van der Waals surface area contributed by atoms with Crippen LogP contribution in [0.25, 0.3) is 10.2 Å². The number of hydrogen-bond donors (Lipinski definition) is 0. The zero-order valence-electron chi connectivity index (χ0n) is 11.4. The van der Waals surface area contributed by atoms with Gasteiger partial charge in [-0.3, -0.25) is 0 Å². The summed E-state index contributed by atoms with van der Waals surface area (Å²) in [5.74, 6) is 0.863. The molecule has 2 nitrogen and oxygen atoms in total. The van der Waals surface area contributed by atoms with Gasteiger partial charge in [0, 0.05) is 16.0 Å². The highest BCUT2D eigenvalue weighted by Gasteiger charge is 2.04. The van der Waals surface area contributed by atoms with Gasteiger partial charge in [0.1, 0.15) is 10.7 Å². The Kier molecular flexibility index (Phi) is 6.90. The van der Waals surface area contributed by atoms with Crippen molar-refractivity contribution >= 4 is 21.6 Å². The van der Waals surface area contributed by atoms with E-state index in [-0.39, 0.29) is 0 Å². The van der Waals surface area contributed by atoms with E-state index in [9.17, 15) is 0 Å². The van der Waals surface area contributed by atoms with Crippen LogP contribution in [0, 0.1) is 20.8 Å². The molecule has 3 heteroatoms. The number of fused-ring (bicyclic) bond motifs is 1. The quantitative estimate of drug-likeness (QED) is 0.666. The molecule has 0 amide bonds. The smallest absolute Gasteiger partial charge is 0.127 e. The maximum Gasteiger partial charge on any atom is 0.127 e. The summed E-state index contributed by atoms with van der Waals surface area (Å²) in [6, 6.07) is 2.15. The Morgan fingerprint density at radius 3 is 2.06 bits per heavy atom. The molecule has 0 atom stereocenters. The van der Waals surface area contributed by atoms with Crippen LogP contribution in [0.1, 0.15) is 44.1 Å². The molecule has 0 unspecified atom stereocenters. The van der Waals surface area contributed by atoms with Gasteiger partial charge in [-0.15, -0.1) is 11.3 Å². The molecule has 2 heterocycles. The average Bonchev–Trinajstić information content (AvgIpc) is 2.65. The molecule has 0 aliphatic rings. The van der Waals surface area contributed by atoms with E-state index in [1.165, 1.54) is 10.3 Å². The van der Waals surface area contributed by atoms with Crippen molar-refractivity contribution in [3.63, 3.8) is 0 Å². The molecule has 0 radical (unpaired) electrons. The highest BCUT2D eigenvalue weighted by Crippen LogP contribution is 2.24. The summed E-state index contributed by atoms with van der Waals surface area (Å²) in [6.07, 6.45) is 0. The van der Waals surface area contributed by atoms with E-state index in [2.05, 4.69) is 23.0 Å². The second-order valence-electron chi connectivity index (χ2n) is 2.93. The van der Waals surface area contributed by atoms with Crippen LogP contribution in [0.3, 0.4) is 0 Å². The maximum atomic E-state index is 4.36. The Balaban J connectivity index is 0.000000509. The SMILES string of the molecule is CC.CC.Cc1nc(C)c2cc(C)sc2n1. The first kappa shape index (κ1) is 15.0. The minimum Gasteiger partial charge on any atom is -0.238 e. The fraction of sp³-hybridized carbons (Fsp3) is 0.538. The van der Waals surface area contributed by atoms with Crippen molar-refractivity contribution in [3.8, 4) is 0 Å². The number of aryl methyl sites for hydroxylation is 3. The van der Waals surface area contributed by atoms with Gasteiger partial charge in [0.15, 0.2) is 0 Å². The molecule has 0 saturated heterocycles. The normalized spacial score (nSPS) is 8.94. The lowest BCUT2D eigenvalue weighted by Crippen LogP contribution is -1.89. The molecule has 0 aliphatic heterocycles. The third kappa shape index (κ3) is 3.56. The molecule has 0 fully saturated rings. The molecular weight excluding hydrogens is 216 g/mol. The van der Waals surface area contributed by atoms with Gasteiger partial charge in [-0.1, -0.05) is 27.7 Å². The monoisotopic (exact) mass is 238 g/mol. The number of thiophene rings is 1. The second kappa shape index (κ2) is 7.34. The van der Waals surface area contributed by atoms with Gasteiger partial charge in [-0.05, 0) is 26.8 Å². The van der Waals surface area contributed by atoms with Crippen molar-refractivity contribution in [1.29, 1.82) is 0 Å². The highest BCUT2D eigenvalue weighted by atomic mass is 32.1. The first-order valence-electron chi connectivity index (χ1n) is 5.88. The zero-order valence-corrected chi connectivity index (χ0v) is 12.2. The topological polar surface area (TPSA) is 25.8 Å². The van der Waals surface area contributed by atoms with E-state index in [0.717, 1.165) is 16.3 Å². The Morgan fingerprint density at radius 1 is 0.938 bits per heavy atom. The Hall–Kier alpha value is -0.960. The van der Waals surface area contributed by atoms with Gasteiger partial charge in [0.25, 0.3) is 0 Å². The van der Waals surface area contributed by atoms with Crippen LogP contribution in [-0.2, 0) is 0 Å². The van der Waals surface area contributed by atoms with Crippen LogP contribution < -0.4 is 0 Å². The lowest BCUT2D eigenvalue weighted by Gasteiger charge is -1.95. The van der Waals surface area contributed by atoms with Gasteiger partial charge >= 0.3 is 0 Å². The van der Waals surface area contributed by atoms with Crippen molar-refractivity contribution in [1.82, 2.24) is 9.97 Å². The summed E-state index contributed by atoms with van der Waals surface area (Å²) >= 11 is 1.73. The van der Waals surface area contributed by atoms with Crippen LogP contribution >= 0.6 is 11.3 Å². The van der Waals surface area contributed by atoms with Crippen molar-refractivity contribution in [2.75, 3.05) is 0 Å². The molecule has 0 spiro atoms. The van der Waals surface area contributed by atoms with E-state index in [0.29, 0.717) is 0 Å². The van der Waals surface area contributed by atoms with E-state index in [1.54, 1.807) is 11.3 Å². The van der Waals surface area contributed by atoms with E-state index in [4.69, 9.17) is 0 Å². The predicted molar refractivity (Wildman–Crippen MR) is 74.3 cm³/mol. The van der Waals surface area contributed by atoms with Gasteiger partial charge in [-0.2, -0.15) is 0 Å². The van der Waals surface area contributed by atoms with Crippen LogP contribution in [0.2, 0.25) is 0 Å². The number of hydrogen-bond acceptors (Lipinski definition) is 3. The summed E-state index contributed by atoms with van der Waals surface area (Å²) in [4.78, 5) is 11.1. The van der Waals surface area contributed by atoms with Crippen molar-refractivity contribution in [3.05, 3.63) is 22.5 Å². The Morgan fingerprint density at radius 2 is 1.50 bits per heavy atom. The van der Waals surface area contributed by atoms with Crippen molar-refractivity contribution in [2.24, 2.45) is 0 Å². The van der Waals surface area contributed by atoms with E-state index < -0.39 is 0 Å². The van der Waals surface area contributed by atoms with Gasteiger partial charge in [-0.25, -0.2) is 9.97 Å². The molecular formula is C13H22N2S. The molecule has 2 rings (SSSR count). The number of rotatable bonds is 0. The summed E-state index contributed by atoms with van der Waals surface area (Å²) in [5, 5.41) is 1.20. The Labute approximate surface area is 103 Å². The van der Waals surface area contributed by atoms with Crippen molar-refractivity contribution in [2.45, 2.75) is 48.5 Å². The fourth-order valence-electron chi connectivity index (χ4n) is 1.32. The van der Waals surface area contributed by atoms with Gasteiger partial charge in [0.05, 0.1) is 0 Å². The first-order valence-corrected chi connectivity index (χ1v) is 6.70. The fourth-order valence-corrected chi connectivity index (χ4v) is 2.30. The third-order valence-electron chi connectivity index (χ3n) is 1.82. The third-order valence-corrected chi connectivity index (χ3v) is 2.76. The Bertz CT molecular complexity index is 433. The minimum atomic E-state index is 0.863. The minimum absolute atomic E-state index is 0.863. The number of aromatic nitrogens is 2. The average molecular weight is 238 g/mol. The van der Waals surface area contributed by atoms with Crippen molar-refractivity contribution < 1.29 is 0 Å². The molecule has 0 bridgehead atoms. The van der Waals surface area contributed by atoms with E-state index in [1.807, 2.05) is 41.5 Å². The van der Waals surface area contributed by atoms with Crippen LogP contribution in [0.4, 0.5) is 0 Å². The lowest BCUT2D eigenvalue weighted by molar-refractivity contribution is 1.06. The molecule has 0 aliphatic carbocycles. The summed E-state index contributed by atoms with van der Waals surface area (Å²) in [7, 11) is 0. The molecule has 0 N–H and O–H groups in total. The molecule has 2 aromatic heterocycles. The first-order chi connectivity index (χ1) is 7.66. The maximum absolute atomic E-state index is 4.36. The van der Waals surface area contributed by atoms with Gasteiger partial charge in [0.2, 0.25) is 0 Å². The second-order valence-corrected chi connectivity index (χ2v) is 4.17. The predicted octanol–water partition coefficient (Wildman–Crippen LogP) is 4.67. The largest absolute Gasteiger partial charge is 0.238 e. The zero-order chi connectivity index (χ0) is 12.7. The summed E-state index contributed by atoms with van der Waals surface area (Å²) in [6.45, 7) is 14.1. The molecule has 0 saturated carbocycles. The standard InChI is InChI=1S/C9H10N2S.2C2H6/c1-5-4-8-6(2)10-7(3)11-9(8)12-5;2*1-2/h4H,1-3H3;2*1-2H3. The highest BCUT2D eigenvalue weighted by molar-refractivity contribution is 7.18. The molecule has 16 heavy (non-hydrogen) atoms. The van der Waals surface area contributed by atoms with Crippen LogP contribution in [0.15, 0.2) is 6.07 Å².